The Hall–Kier alpha value is -2.96. The number of carboxylic acid groups (broad SMARTS) is 1. The Bertz CT molecular complexity index is 1130. The number of ether oxygens (including phenoxy) is 1. The minimum Gasteiger partial charge on any atom is -0.488 e. The van der Waals surface area contributed by atoms with Crippen LogP contribution in [0.1, 0.15) is 38.7 Å². The van der Waals surface area contributed by atoms with E-state index < -0.39 is 5.97 Å². The van der Waals surface area contributed by atoms with Crippen LogP contribution < -0.4 is 9.64 Å². The largest absolute Gasteiger partial charge is 0.488 e. The van der Waals surface area contributed by atoms with Crippen LogP contribution in [0.3, 0.4) is 0 Å². The summed E-state index contributed by atoms with van der Waals surface area (Å²) in [6, 6.07) is 23.5. The fourth-order valence-electron chi connectivity index (χ4n) is 4.05. The molecular formula is C28H32N2O3S. The van der Waals surface area contributed by atoms with Crippen LogP contribution in [0.25, 0.3) is 11.1 Å². The Morgan fingerprint density at radius 1 is 1.06 bits per heavy atom. The highest BCUT2D eigenvalue weighted by molar-refractivity contribution is 7.97. The SMILES string of the molecule is CC(=O)O.CCC1CC1.CN1CN(c2ccccc2)c2cc3c(cc2S1)-c1ccccc1CO3. The molecule has 0 amide bonds. The van der Waals surface area contributed by atoms with Gasteiger partial charge in [0.05, 0.1) is 12.4 Å². The molecule has 0 unspecified atom stereocenters. The fourth-order valence-corrected chi connectivity index (χ4v) is 5.00. The van der Waals surface area contributed by atoms with Crippen LogP contribution in [-0.4, -0.2) is 29.1 Å². The van der Waals surface area contributed by atoms with E-state index in [-0.39, 0.29) is 0 Å². The fraction of sp³-hybridized carbons (Fsp3) is 0.321. The van der Waals surface area contributed by atoms with Crippen molar-refractivity contribution in [1.82, 2.24) is 4.31 Å². The van der Waals surface area contributed by atoms with Crippen LogP contribution in [-0.2, 0) is 11.4 Å². The average Bonchev–Trinajstić information content (AvgIpc) is 3.68. The third-order valence-electron chi connectivity index (χ3n) is 5.98. The van der Waals surface area contributed by atoms with Gasteiger partial charge in [-0.25, -0.2) is 4.31 Å². The highest BCUT2D eigenvalue weighted by Gasteiger charge is 2.27. The van der Waals surface area contributed by atoms with E-state index in [0.29, 0.717) is 6.61 Å². The Balaban J connectivity index is 0.000000259. The standard InChI is InChI=1S/C21H18N2OS.C5H10.C2H4O2/c1-22-14-23(16-8-3-2-4-9-16)19-12-20-18(11-21(19)25-22)17-10-6-5-7-15(17)13-24-20;1-2-5-3-4-5;1-2(3)4/h2-12H,13-14H2,1H3;5H,2-4H2,1H3;1H3,(H,3,4). The molecule has 1 fully saturated rings. The molecule has 1 saturated carbocycles. The second-order valence-electron chi connectivity index (χ2n) is 8.76. The van der Waals surface area contributed by atoms with Crippen molar-refractivity contribution in [2.24, 2.45) is 5.92 Å². The maximum absolute atomic E-state index is 9.00. The summed E-state index contributed by atoms with van der Waals surface area (Å²) in [5.41, 5.74) is 6.14. The van der Waals surface area contributed by atoms with Gasteiger partial charge in [-0.2, -0.15) is 0 Å². The first-order chi connectivity index (χ1) is 16.5. The molecule has 0 radical (unpaired) electrons. The number of para-hydroxylation sites is 1. The highest BCUT2D eigenvalue weighted by Crippen LogP contribution is 2.48. The monoisotopic (exact) mass is 476 g/mol. The first-order valence-electron chi connectivity index (χ1n) is 11.8. The second kappa shape index (κ2) is 11.0. The zero-order valence-corrected chi connectivity index (χ0v) is 20.8. The van der Waals surface area contributed by atoms with Crippen molar-refractivity contribution in [1.29, 1.82) is 0 Å². The Labute approximate surface area is 206 Å². The number of fused-ring (bicyclic) bond motifs is 4. The number of aliphatic carboxylic acids is 1. The molecule has 3 aromatic carbocycles. The third-order valence-corrected chi connectivity index (χ3v) is 6.93. The van der Waals surface area contributed by atoms with Crippen molar-refractivity contribution in [2.45, 2.75) is 44.6 Å². The van der Waals surface area contributed by atoms with Gasteiger partial charge >= 0.3 is 0 Å². The van der Waals surface area contributed by atoms with Gasteiger partial charge in [0.25, 0.3) is 5.97 Å². The van der Waals surface area contributed by atoms with Crippen LogP contribution in [0.4, 0.5) is 11.4 Å². The van der Waals surface area contributed by atoms with Gasteiger partial charge in [-0.1, -0.05) is 68.7 Å². The lowest BCUT2D eigenvalue weighted by Crippen LogP contribution is -2.32. The molecule has 1 N–H and O–H groups in total. The molecule has 1 aliphatic carbocycles. The van der Waals surface area contributed by atoms with Crippen LogP contribution in [0.15, 0.2) is 71.6 Å². The zero-order chi connectivity index (χ0) is 24.1. The van der Waals surface area contributed by atoms with Gasteiger partial charge in [0.1, 0.15) is 12.4 Å². The number of carbonyl (C=O) groups is 1. The second-order valence-corrected chi connectivity index (χ2v) is 10.0. The van der Waals surface area contributed by atoms with E-state index in [1.807, 2.05) is 0 Å². The van der Waals surface area contributed by atoms with Crippen LogP contribution >= 0.6 is 11.9 Å². The van der Waals surface area contributed by atoms with E-state index in [9.17, 15) is 0 Å². The number of hydrogen-bond donors (Lipinski definition) is 1. The molecule has 6 heteroatoms. The Kier molecular flexibility index (Phi) is 7.80. The Morgan fingerprint density at radius 3 is 2.38 bits per heavy atom. The smallest absolute Gasteiger partial charge is 0.300 e. The first-order valence-corrected chi connectivity index (χ1v) is 12.5. The van der Waals surface area contributed by atoms with Crippen LogP contribution in [0.5, 0.6) is 5.75 Å². The van der Waals surface area contributed by atoms with Crippen LogP contribution in [0.2, 0.25) is 0 Å². The third kappa shape index (κ3) is 5.93. The summed E-state index contributed by atoms with van der Waals surface area (Å²) < 4.78 is 8.34. The molecule has 2 heterocycles. The van der Waals surface area contributed by atoms with Gasteiger partial charge < -0.3 is 14.7 Å². The minimum absolute atomic E-state index is 0.639. The highest BCUT2D eigenvalue weighted by atomic mass is 32.2. The Morgan fingerprint density at radius 2 is 1.74 bits per heavy atom. The number of benzene rings is 3. The maximum Gasteiger partial charge on any atom is 0.300 e. The minimum atomic E-state index is -0.833. The van der Waals surface area contributed by atoms with E-state index in [0.717, 1.165) is 25.3 Å². The van der Waals surface area contributed by atoms with Crippen molar-refractivity contribution in [3.63, 3.8) is 0 Å². The van der Waals surface area contributed by atoms with Gasteiger partial charge in [0.15, 0.2) is 0 Å². The molecule has 178 valence electrons. The lowest BCUT2D eigenvalue weighted by atomic mass is 9.96. The zero-order valence-electron chi connectivity index (χ0n) is 20.0. The van der Waals surface area contributed by atoms with Gasteiger partial charge in [-0.05, 0) is 54.2 Å². The number of anilines is 2. The summed E-state index contributed by atoms with van der Waals surface area (Å²) in [7, 11) is 2.13. The van der Waals surface area contributed by atoms with Crippen LogP contribution in [0, 0.1) is 5.92 Å². The predicted octanol–water partition coefficient (Wildman–Crippen LogP) is 7.19. The van der Waals surface area contributed by atoms with E-state index in [4.69, 9.17) is 14.6 Å². The molecule has 0 spiro atoms. The molecular weight excluding hydrogens is 444 g/mol. The normalized spacial score (nSPS) is 15.8. The summed E-state index contributed by atoms with van der Waals surface area (Å²) in [6.45, 7) is 4.83. The van der Waals surface area contributed by atoms with Crippen molar-refractivity contribution in [2.75, 3.05) is 18.6 Å². The number of nitrogens with zero attached hydrogens (tertiary/aromatic N) is 2. The van der Waals surface area contributed by atoms with Crippen molar-refractivity contribution >= 4 is 29.3 Å². The van der Waals surface area contributed by atoms with Crippen molar-refractivity contribution < 1.29 is 14.6 Å². The molecule has 34 heavy (non-hydrogen) atoms. The number of rotatable bonds is 2. The van der Waals surface area contributed by atoms with Gasteiger partial charge in [0.2, 0.25) is 0 Å². The van der Waals surface area contributed by atoms with Gasteiger partial charge in [0, 0.05) is 29.1 Å². The van der Waals surface area contributed by atoms with Crippen molar-refractivity contribution in [3.8, 4) is 16.9 Å². The molecule has 0 aromatic heterocycles. The van der Waals surface area contributed by atoms with E-state index >= 15 is 0 Å². The molecule has 0 atom stereocenters. The lowest BCUT2D eigenvalue weighted by Gasteiger charge is -2.37. The van der Waals surface area contributed by atoms with Crippen molar-refractivity contribution in [3.05, 3.63) is 72.3 Å². The van der Waals surface area contributed by atoms with Gasteiger partial charge in [-0.15, -0.1) is 0 Å². The van der Waals surface area contributed by atoms with E-state index in [1.165, 1.54) is 52.2 Å². The van der Waals surface area contributed by atoms with Gasteiger partial charge in [-0.3, -0.25) is 4.79 Å². The topological polar surface area (TPSA) is 53.0 Å². The van der Waals surface area contributed by atoms with E-state index in [1.54, 1.807) is 11.9 Å². The average molecular weight is 477 g/mol. The number of hydrogen-bond acceptors (Lipinski definition) is 5. The lowest BCUT2D eigenvalue weighted by molar-refractivity contribution is -0.134. The molecule has 5 nitrogen and oxygen atoms in total. The quantitative estimate of drug-likeness (QED) is 0.395. The molecule has 3 aromatic rings. The predicted molar refractivity (Wildman–Crippen MR) is 140 cm³/mol. The van der Waals surface area contributed by atoms with E-state index in [2.05, 4.69) is 89.9 Å². The number of carboxylic acids is 1. The molecule has 0 saturated heterocycles. The molecule has 6 rings (SSSR count). The maximum atomic E-state index is 9.00. The summed E-state index contributed by atoms with van der Waals surface area (Å²) >= 11 is 1.79. The summed E-state index contributed by atoms with van der Waals surface area (Å²) in [5, 5.41) is 7.42. The summed E-state index contributed by atoms with van der Waals surface area (Å²) in [4.78, 5) is 12.6. The summed E-state index contributed by atoms with van der Waals surface area (Å²) in [5.74, 6) is 1.28. The molecule has 3 aliphatic rings. The molecule has 0 bridgehead atoms. The summed E-state index contributed by atoms with van der Waals surface area (Å²) in [6.07, 6.45) is 4.44. The molecule has 2 aliphatic heterocycles. The first kappa shape index (κ1) is 24.2.